The summed E-state index contributed by atoms with van der Waals surface area (Å²) in [6.45, 7) is 3.33. The lowest BCUT2D eigenvalue weighted by atomic mass is 10.2. The molecule has 0 unspecified atom stereocenters. The average molecular weight is 375 g/mol. The molecule has 1 fully saturated rings. The van der Waals surface area contributed by atoms with Gasteiger partial charge in [-0.15, -0.1) is 5.10 Å². The minimum absolute atomic E-state index is 0.127. The van der Waals surface area contributed by atoms with Gasteiger partial charge < -0.3 is 14.5 Å². The topological polar surface area (TPSA) is 88.5 Å². The van der Waals surface area contributed by atoms with Crippen LogP contribution >= 0.6 is 11.5 Å². The minimum atomic E-state index is -0.650. The predicted molar refractivity (Wildman–Crippen MR) is 95.9 cm³/mol. The number of hydrogen-bond donors (Lipinski definition) is 0. The number of nitrogens with zero attached hydrogens (tertiary/aromatic N) is 5. The zero-order valence-corrected chi connectivity index (χ0v) is 15.6. The van der Waals surface area contributed by atoms with Crippen LogP contribution < -0.4 is 0 Å². The molecule has 0 bridgehead atoms. The lowest BCUT2D eigenvalue weighted by Crippen LogP contribution is -2.52. The minimum Gasteiger partial charge on any atom is -0.365 e. The van der Waals surface area contributed by atoms with Crippen molar-refractivity contribution in [1.82, 2.24) is 24.4 Å². The maximum absolute atomic E-state index is 12.7. The van der Waals surface area contributed by atoms with Gasteiger partial charge in [-0.25, -0.2) is 0 Å². The lowest BCUT2D eigenvalue weighted by Gasteiger charge is -2.33. The highest BCUT2D eigenvalue weighted by Gasteiger charge is 2.32. The second-order valence-corrected chi connectivity index (χ2v) is 6.88. The number of carbonyl (C=O) groups excluding carboxylic acids is 2. The van der Waals surface area contributed by atoms with Crippen LogP contribution in [-0.2, 0) is 16.0 Å². The van der Waals surface area contributed by atoms with Gasteiger partial charge in [0.1, 0.15) is 4.88 Å². The van der Waals surface area contributed by atoms with Crippen LogP contribution in [0.15, 0.2) is 24.4 Å². The highest BCUT2D eigenvalue weighted by Crippen LogP contribution is 2.16. The lowest BCUT2D eigenvalue weighted by molar-refractivity contribution is -0.146. The number of morpholine rings is 1. The molecule has 138 valence electrons. The molecule has 0 N–H and O–H groups in total. The van der Waals surface area contributed by atoms with Crippen LogP contribution in [0.2, 0.25) is 0 Å². The van der Waals surface area contributed by atoms with E-state index in [0.29, 0.717) is 36.7 Å². The zero-order valence-electron chi connectivity index (χ0n) is 14.8. The number of amides is 2. The van der Waals surface area contributed by atoms with E-state index >= 15 is 0 Å². The first-order valence-corrected chi connectivity index (χ1v) is 9.18. The summed E-state index contributed by atoms with van der Waals surface area (Å²) in [6.07, 6.45) is 1.76. The molecule has 26 heavy (non-hydrogen) atoms. The Balaban J connectivity index is 1.57. The maximum atomic E-state index is 12.7. The Hall–Kier alpha value is -2.39. The van der Waals surface area contributed by atoms with Crippen LogP contribution in [-0.4, -0.2) is 75.6 Å². The van der Waals surface area contributed by atoms with Gasteiger partial charge in [-0.05, 0) is 30.6 Å². The van der Waals surface area contributed by atoms with Gasteiger partial charge in [0.25, 0.3) is 11.8 Å². The number of likely N-dealkylation sites (N-methyl/N-ethyl adjacent to an activating group) is 1. The molecule has 2 aromatic rings. The molecule has 0 aliphatic carbocycles. The second kappa shape index (κ2) is 8.33. The normalized spacial score (nSPS) is 17.2. The van der Waals surface area contributed by atoms with Gasteiger partial charge in [0.15, 0.2) is 6.10 Å². The molecular weight excluding hydrogens is 354 g/mol. The molecule has 0 radical (unpaired) electrons. The van der Waals surface area contributed by atoms with Gasteiger partial charge in [0.05, 0.1) is 18.8 Å². The average Bonchev–Trinajstić information content (AvgIpc) is 3.11. The van der Waals surface area contributed by atoms with Gasteiger partial charge >= 0.3 is 0 Å². The first-order valence-electron chi connectivity index (χ1n) is 8.41. The molecule has 0 aromatic carbocycles. The highest BCUT2D eigenvalue weighted by atomic mass is 32.1. The molecule has 3 rings (SSSR count). The molecule has 0 saturated carbocycles. The molecule has 1 aliphatic heterocycles. The van der Waals surface area contributed by atoms with E-state index in [1.165, 1.54) is 0 Å². The quantitative estimate of drug-likeness (QED) is 0.767. The number of hydrogen-bond acceptors (Lipinski definition) is 7. The third-order valence-corrected chi connectivity index (χ3v) is 5.10. The monoisotopic (exact) mass is 375 g/mol. The van der Waals surface area contributed by atoms with Crippen LogP contribution in [0.1, 0.15) is 21.1 Å². The van der Waals surface area contributed by atoms with E-state index in [1.807, 2.05) is 18.2 Å². The van der Waals surface area contributed by atoms with Gasteiger partial charge in [-0.3, -0.25) is 14.6 Å². The van der Waals surface area contributed by atoms with Crippen molar-refractivity contribution >= 4 is 23.3 Å². The summed E-state index contributed by atoms with van der Waals surface area (Å²) in [6, 6.07) is 5.72. The van der Waals surface area contributed by atoms with Crippen LogP contribution in [0.5, 0.6) is 0 Å². The smallest absolute Gasteiger partial charge is 0.267 e. The van der Waals surface area contributed by atoms with E-state index < -0.39 is 6.10 Å². The van der Waals surface area contributed by atoms with E-state index in [4.69, 9.17) is 4.74 Å². The number of rotatable bonds is 5. The zero-order chi connectivity index (χ0) is 18.5. The third-order valence-electron chi connectivity index (χ3n) is 4.28. The molecule has 1 aliphatic rings. The van der Waals surface area contributed by atoms with Crippen molar-refractivity contribution in [3.63, 3.8) is 0 Å². The Bertz CT molecular complexity index is 767. The fourth-order valence-corrected chi connectivity index (χ4v) is 3.36. The van der Waals surface area contributed by atoms with Crippen LogP contribution in [0.4, 0.5) is 0 Å². The third kappa shape index (κ3) is 4.23. The second-order valence-electron chi connectivity index (χ2n) is 6.13. The van der Waals surface area contributed by atoms with Crippen molar-refractivity contribution in [3.8, 4) is 0 Å². The van der Waals surface area contributed by atoms with Crippen molar-refractivity contribution < 1.29 is 14.3 Å². The standard InChI is InChI=1S/C17H21N5O3S/c1-12-15(26-20-19-12)17(24)22-9-10-25-14(11-22)16(23)21(2)8-6-13-5-3-4-7-18-13/h3-5,7,14H,6,8-11H2,1-2H3/t14-/m1/s1. The molecular formula is C17H21N5O3S. The van der Waals surface area contributed by atoms with Crippen molar-refractivity contribution in [2.24, 2.45) is 0 Å². The van der Waals surface area contributed by atoms with Crippen molar-refractivity contribution in [1.29, 1.82) is 0 Å². The summed E-state index contributed by atoms with van der Waals surface area (Å²) in [5.41, 5.74) is 1.54. The fraction of sp³-hybridized carbons (Fsp3) is 0.471. The Morgan fingerprint density at radius 1 is 1.42 bits per heavy atom. The van der Waals surface area contributed by atoms with Gasteiger partial charge in [0, 0.05) is 38.4 Å². The molecule has 0 spiro atoms. The molecule has 3 heterocycles. The predicted octanol–water partition coefficient (Wildman–Crippen LogP) is 0.784. The molecule has 9 heteroatoms. The molecule has 2 amide bonds. The Morgan fingerprint density at radius 3 is 2.96 bits per heavy atom. The highest BCUT2D eigenvalue weighted by molar-refractivity contribution is 7.07. The van der Waals surface area contributed by atoms with E-state index in [-0.39, 0.29) is 18.4 Å². The van der Waals surface area contributed by atoms with Crippen molar-refractivity contribution in [3.05, 3.63) is 40.7 Å². The summed E-state index contributed by atoms with van der Waals surface area (Å²) in [4.78, 5) is 33.3. The van der Waals surface area contributed by atoms with Crippen molar-refractivity contribution in [2.75, 3.05) is 33.3 Å². The van der Waals surface area contributed by atoms with E-state index in [9.17, 15) is 9.59 Å². The molecule has 1 saturated heterocycles. The van der Waals surface area contributed by atoms with Gasteiger partial charge in [0.2, 0.25) is 0 Å². The molecule has 1 atom stereocenters. The summed E-state index contributed by atoms with van der Waals surface area (Å²) >= 11 is 1.08. The van der Waals surface area contributed by atoms with Gasteiger partial charge in [-0.2, -0.15) is 0 Å². The number of aromatic nitrogens is 3. The molecule has 8 nitrogen and oxygen atoms in total. The summed E-state index contributed by atoms with van der Waals surface area (Å²) in [5.74, 6) is -0.271. The first-order chi connectivity index (χ1) is 12.6. The number of ether oxygens (including phenoxy) is 1. The summed E-state index contributed by atoms with van der Waals surface area (Å²) in [5, 5.41) is 3.88. The Kier molecular flexibility index (Phi) is 5.89. The Morgan fingerprint density at radius 2 is 2.27 bits per heavy atom. The number of pyridine rings is 1. The van der Waals surface area contributed by atoms with Gasteiger partial charge in [-0.1, -0.05) is 10.6 Å². The van der Waals surface area contributed by atoms with Crippen molar-refractivity contribution in [2.45, 2.75) is 19.4 Å². The maximum Gasteiger partial charge on any atom is 0.267 e. The number of aryl methyl sites for hydroxylation is 1. The summed E-state index contributed by atoms with van der Waals surface area (Å²) in [7, 11) is 1.74. The Labute approximate surface area is 155 Å². The fourth-order valence-electron chi connectivity index (χ4n) is 2.74. The molecule has 2 aromatic heterocycles. The number of carbonyl (C=O) groups is 2. The van der Waals surface area contributed by atoms with E-state index in [0.717, 1.165) is 17.2 Å². The van der Waals surface area contributed by atoms with E-state index in [2.05, 4.69) is 14.6 Å². The van der Waals surface area contributed by atoms with Crippen LogP contribution in [0.3, 0.4) is 0 Å². The van der Waals surface area contributed by atoms with Crippen LogP contribution in [0.25, 0.3) is 0 Å². The first kappa shape index (κ1) is 18.4. The van der Waals surface area contributed by atoms with Crippen LogP contribution in [0, 0.1) is 6.92 Å². The SMILES string of the molecule is Cc1nnsc1C(=O)N1CCO[C@@H](C(=O)N(C)CCc2ccccn2)C1. The largest absolute Gasteiger partial charge is 0.365 e. The van der Waals surface area contributed by atoms with E-state index in [1.54, 1.807) is 30.0 Å². The summed E-state index contributed by atoms with van der Waals surface area (Å²) < 4.78 is 9.42.